The quantitative estimate of drug-likeness (QED) is 0.432. The SMILES string of the molecule is O=C(NCC(c1cccs1)N1CCOCC1)c1ccc(OCc2cn3ccccc3n2)cc1. The molecular formula is C25H26N4O3S. The number of pyridine rings is 1. The van der Waals surface area contributed by atoms with Crippen LogP contribution < -0.4 is 10.1 Å². The van der Waals surface area contributed by atoms with Crippen LogP contribution in [0.25, 0.3) is 5.65 Å². The Morgan fingerprint density at radius 1 is 1.12 bits per heavy atom. The van der Waals surface area contributed by atoms with Crippen molar-refractivity contribution in [3.63, 3.8) is 0 Å². The lowest BCUT2D eigenvalue weighted by Crippen LogP contribution is -2.43. The van der Waals surface area contributed by atoms with Crippen LogP contribution in [-0.2, 0) is 11.3 Å². The van der Waals surface area contributed by atoms with E-state index in [0.717, 1.165) is 37.6 Å². The predicted octanol–water partition coefficient (Wildman–Crippen LogP) is 3.78. The Kier molecular flexibility index (Phi) is 6.66. The van der Waals surface area contributed by atoms with Crippen molar-refractivity contribution in [3.8, 4) is 5.75 Å². The van der Waals surface area contributed by atoms with E-state index >= 15 is 0 Å². The monoisotopic (exact) mass is 462 g/mol. The number of nitrogens with zero attached hydrogens (tertiary/aromatic N) is 3. The number of imidazole rings is 1. The van der Waals surface area contributed by atoms with Crippen molar-refractivity contribution in [3.05, 3.63) is 88.5 Å². The standard InChI is InChI=1S/C25H26N4O3S/c30-25(26-16-22(23-4-3-15-33-23)28-11-13-31-14-12-28)19-6-8-21(9-7-19)32-18-20-17-29-10-2-1-5-24(29)27-20/h1-10,15,17,22H,11-14,16,18H2,(H,26,30). The smallest absolute Gasteiger partial charge is 0.251 e. The van der Waals surface area contributed by atoms with Gasteiger partial charge >= 0.3 is 0 Å². The summed E-state index contributed by atoms with van der Waals surface area (Å²) in [5.74, 6) is 0.616. The van der Waals surface area contributed by atoms with Gasteiger partial charge in [0.1, 0.15) is 18.0 Å². The van der Waals surface area contributed by atoms with Crippen LogP contribution in [0.3, 0.4) is 0 Å². The maximum atomic E-state index is 12.8. The van der Waals surface area contributed by atoms with Crippen LogP contribution in [0, 0.1) is 0 Å². The Hall–Kier alpha value is -3.20. The molecule has 3 aromatic heterocycles. The molecule has 1 saturated heterocycles. The zero-order valence-corrected chi connectivity index (χ0v) is 19.0. The van der Waals surface area contributed by atoms with E-state index in [1.54, 1.807) is 23.5 Å². The molecule has 7 nitrogen and oxygen atoms in total. The first-order valence-electron chi connectivity index (χ1n) is 11.1. The summed E-state index contributed by atoms with van der Waals surface area (Å²) in [4.78, 5) is 21.0. The van der Waals surface area contributed by atoms with Crippen molar-refractivity contribution in [2.24, 2.45) is 0 Å². The molecule has 1 aliphatic heterocycles. The van der Waals surface area contributed by atoms with Crippen LogP contribution in [0.5, 0.6) is 5.75 Å². The Labute approximate surface area is 196 Å². The molecule has 4 heterocycles. The lowest BCUT2D eigenvalue weighted by Gasteiger charge is -2.34. The number of nitrogens with one attached hydrogen (secondary N) is 1. The lowest BCUT2D eigenvalue weighted by atomic mass is 10.1. The van der Waals surface area contributed by atoms with E-state index in [-0.39, 0.29) is 11.9 Å². The van der Waals surface area contributed by atoms with Gasteiger partial charge in [-0.3, -0.25) is 9.69 Å². The molecule has 0 spiro atoms. The molecule has 8 heteroatoms. The van der Waals surface area contributed by atoms with Crippen LogP contribution in [0.4, 0.5) is 0 Å². The van der Waals surface area contributed by atoms with Gasteiger partial charge in [-0.1, -0.05) is 12.1 Å². The van der Waals surface area contributed by atoms with Gasteiger partial charge < -0.3 is 19.2 Å². The summed E-state index contributed by atoms with van der Waals surface area (Å²) in [5, 5.41) is 5.19. The highest BCUT2D eigenvalue weighted by Crippen LogP contribution is 2.25. The highest BCUT2D eigenvalue weighted by Gasteiger charge is 2.24. The van der Waals surface area contributed by atoms with Crippen molar-refractivity contribution in [2.45, 2.75) is 12.6 Å². The molecule has 1 aliphatic rings. The molecule has 0 aliphatic carbocycles. The van der Waals surface area contributed by atoms with Crippen LogP contribution in [-0.4, -0.2) is 53.0 Å². The largest absolute Gasteiger partial charge is 0.487 e. The number of fused-ring (bicyclic) bond motifs is 1. The van der Waals surface area contributed by atoms with Crippen LogP contribution in [0.15, 0.2) is 72.4 Å². The van der Waals surface area contributed by atoms with Gasteiger partial charge in [-0.25, -0.2) is 4.98 Å². The second-order valence-electron chi connectivity index (χ2n) is 7.90. The maximum Gasteiger partial charge on any atom is 0.251 e. The number of ether oxygens (including phenoxy) is 2. The molecule has 1 atom stereocenters. The third-order valence-electron chi connectivity index (χ3n) is 5.73. The van der Waals surface area contributed by atoms with E-state index in [9.17, 15) is 4.79 Å². The molecule has 170 valence electrons. The van der Waals surface area contributed by atoms with E-state index < -0.39 is 0 Å². The number of carbonyl (C=O) groups excluding carboxylic acids is 1. The highest BCUT2D eigenvalue weighted by atomic mass is 32.1. The molecular weight excluding hydrogens is 436 g/mol. The minimum atomic E-state index is -0.0864. The molecule has 0 saturated carbocycles. The molecule has 4 aromatic rings. The van der Waals surface area contributed by atoms with E-state index in [0.29, 0.717) is 24.5 Å². The highest BCUT2D eigenvalue weighted by molar-refractivity contribution is 7.10. The summed E-state index contributed by atoms with van der Waals surface area (Å²) >= 11 is 1.72. The minimum Gasteiger partial charge on any atom is -0.487 e. The first-order chi connectivity index (χ1) is 16.3. The number of benzene rings is 1. The van der Waals surface area contributed by atoms with Crippen molar-refractivity contribution >= 4 is 22.9 Å². The second kappa shape index (κ2) is 10.2. The third kappa shape index (κ3) is 5.24. The van der Waals surface area contributed by atoms with Gasteiger partial charge in [0, 0.05) is 42.5 Å². The maximum absolute atomic E-state index is 12.8. The average Bonchev–Trinajstić information content (AvgIpc) is 3.54. The normalized spacial score (nSPS) is 15.4. The van der Waals surface area contributed by atoms with Crippen LogP contribution >= 0.6 is 11.3 Å². The first-order valence-corrected chi connectivity index (χ1v) is 11.9. The van der Waals surface area contributed by atoms with E-state index in [1.807, 2.05) is 47.1 Å². The Morgan fingerprint density at radius 3 is 2.73 bits per heavy atom. The Bertz CT molecular complexity index is 1150. The summed E-state index contributed by atoms with van der Waals surface area (Å²) in [5.41, 5.74) is 2.36. The van der Waals surface area contributed by atoms with Gasteiger partial charge in [0.05, 0.1) is 24.9 Å². The van der Waals surface area contributed by atoms with Gasteiger partial charge in [0.15, 0.2) is 0 Å². The first kappa shape index (κ1) is 21.6. The van der Waals surface area contributed by atoms with E-state index in [1.165, 1.54) is 4.88 Å². The lowest BCUT2D eigenvalue weighted by molar-refractivity contribution is 0.0169. The fourth-order valence-corrected chi connectivity index (χ4v) is 4.85. The fraction of sp³-hybridized carbons (Fsp3) is 0.280. The minimum absolute atomic E-state index is 0.0864. The van der Waals surface area contributed by atoms with Crippen molar-refractivity contribution in [1.29, 1.82) is 0 Å². The molecule has 1 amide bonds. The molecule has 1 unspecified atom stereocenters. The number of morpholine rings is 1. The zero-order chi connectivity index (χ0) is 22.5. The molecule has 1 fully saturated rings. The van der Waals surface area contributed by atoms with Crippen molar-refractivity contribution in [1.82, 2.24) is 19.6 Å². The van der Waals surface area contributed by atoms with Gasteiger partial charge in [-0.05, 0) is 47.8 Å². The Morgan fingerprint density at radius 2 is 1.97 bits per heavy atom. The fourth-order valence-electron chi connectivity index (χ4n) is 3.99. The van der Waals surface area contributed by atoms with E-state index in [4.69, 9.17) is 9.47 Å². The molecule has 0 bridgehead atoms. The van der Waals surface area contributed by atoms with E-state index in [2.05, 4.69) is 32.7 Å². The number of aromatic nitrogens is 2. The van der Waals surface area contributed by atoms with Crippen molar-refractivity contribution in [2.75, 3.05) is 32.8 Å². The predicted molar refractivity (Wildman–Crippen MR) is 128 cm³/mol. The molecule has 1 N–H and O–H groups in total. The zero-order valence-electron chi connectivity index (χ0n) is 18.2. The summed E-state index contributed by atoms with van der Waals surface area (Å²) in [6.07, 6.45) is 3.91. The molecule has 1 aromatic carbocycles. The number of hydrogen-bond donors (Lipinski definition) is 1. The van der Waals surface area contributed by atoms with Gasteiger partial charge in [-0.2, -0.15) is 0 Å². The number of amides is 1. The molecule has 0 radical (unpaired) electrons. The summed E-state index contributed by atoms with van der Waals surface area (Å²) in [7, 11) is 0. The summed E-state index contributed by atoms with van der Waals surface area (Å²) in [6.45, 7) is 4.13. The number of thiophene rings is 1. The van der Waals surface area contributed by atoms with Gasteiger partial charge in [0.2, 0.25) is 0 Å². The Balaban J connectivity index is 1.17. The van der Waals surface area contributed by atoms with Crippen molar-refractivity contribution < 1.29 is 14.3 Å². The molecule has 5 rings (SSSR count). The van der Waals surface area contributed by atoms with Crippen LogP contribution in [0.2, 0.25) is 0 Å². The summed E-state index contributed by atoms with van der Waals surface area (Å²) < 4.78 is 13.3. The van der Waals surface area contributed by atoms with Gasteiger partial charge in [0.25, 0.3) is 5.91 Å². The third-order valence-corrected chi connectivity index (χ3v) is 6.70. The second-order valence-corrected chi connectivity index (χ2v) is 8.88. The summed E-state index contributed by atoms with van der Waals surface area (Å²) in [6, 6.07) is 17.5. The number of hydrogen-bond acceptors (Lipinski definition) is 6. The average molecular weight is 463 g/mol. The number of rotatable bonds is 8. The van der Waals surface area contributed by atoms with Gasteiger partial charge in [-0.15, -0.1) is 11.3 Å². The molecule has 33 heavy (non-hydrogen) atoms. The number of carbonyl (C=O) groups is 1. The van der Waals surface area contributed by atoms with Crippen LogP contribution in [0.1, 0.15) is 27.0 Å². The topological polar surface area (TPSA) is 68.1 Å².